The Bertz CT molecular complexity index is 1320. The molecule has 1 fully saturated rings. The van der Waals surface area contributed by atoms with Crippen LogP contribution in [0.5, 0.6) is 0 Å². The molecule has 6 nitrogen and oxygen atoms in total. The highest BCUT2D eigenvalue weighted by molar-refractivity contribution is 6.46. The number of aromatic nitrogens is 1. The van der Waals surface area contributed by atoms with Crippen molar-refractivity contribution in [2.75, 3.05) is 27.2 Å². The summed E-state index contributed by atoms with van der Waals surface area (Å²) in [5.74, 6) is -1.26. The largest absolute Gasteiger partial charge is 0.507 e. The van der Waals surface area contributed by atoms with E-state index in [9.17, 15) is 14.7 Å². The summed E-state index contributed by atoms with van der Waals surface area (Å²) in [6, 6.07) is 13.3. The van der Waals surface area contributed by atoms with E-state index in [1.54, 1.807) is 4.90 Å². The molecule has 1 atom stereocenters. The van der Waals surface area contributed by atoms with Gasteiger partial charge in [-0.1, -0.05) is 30.3 Å². The highest BCUT2D eigenvalue weighted by atomic mass is 16.3. The number of ketones is 1. The van der Waals surface area contributed by atoms with E-state index in [4.69, 9.17) is 0 Å². The lowest BCUT2D eigenvalue weighted by molar-refractivity contribution is -0.140. The highest BCUT2D eigenvalue weighted by Gasteiger charge is 2.46. The summed E-state index contributed by atoms with van der Waals surface area (Å²) in [5, 5.41) is 12.5. The smallest absolute Gasteiger partial charge is 0.295 e. The minimum absolute atomic E-state index is 0.0861. The third kappa shape index (κ3) is 3.72. The molecule has 34 heavy (non-hydrogen) atoms. The normalized spacial score (nSPS) is 19.9. The van der Waals surface area contributed by atoms with E-state index in [0.29, 0.717) is 18.7 Å². The third-order valence-electron chi connectivity index (χ3n) is 7.17. The monoisotopic (exact) mass is 457 g/mol. The molecule has 176 valence electrons. The summed E-state index contributed by atoms with van der Waals surface area (Å²) in [7, 11) is 5.84. The van der Waals surface area contributed by atoms with Crippen LogP contribution in [0.15, 0.2) is 54.2 Å². The van der Waals surface area contributed by atoms with Crippen LogP contribution in [0.25, 0.3) is 16.7 Å². The fourth-order valence-electron chi connectivity index (χ4n) is 5.37. The van der Waals surface area contributed by atoms with Gasteiger partial charge in [0, 0.05) is 48.4 Å². The number of aliphatic hydroxyl groups excluding tert-OH is 1. The zero-order chi connectivity index (χ0) is 24.0. The average molecular weight is 458 g/mol. The molecule has 1 amide bonds. The molecule has 1 saturated heterocycles. The van der Waals surface area contributed by atoms with Crippen molar-refractivity contribution in [2.45, 2.75) is 31.7 Å². The van der Waals surface area contributed by atoms with Gasteiger partial charge in [-0.05, 0) is 63.0 Å². The summed E-state index contributed by atoms with van der Waals surface area (Å²) in [6.45, 7) is 1.01. The molecule has 3 aromatic rings. The highest BCUT2D eigenvalue weighted by Crippen LogP contribution is 2.42. The van der Waals surface area contributed by atoms with Gasteiger partial charge >= 0.3 is 0 Å². The number of carbonyl (C=O) groups is 2. The Morgan fingerprint density at radius 1 is 1.06 bits per heavy atom. The molecule has 2 aromatic carbocycles. The number of benzene rings is 2. The van der Waals surface area contributed by atoms with Crippen molar-refractivity contribution >= 4 is 28.4 Å². The second kappa shape index (κ2) is 8.76. The summed E-state index contributed by atoms with van der Waals surface area (Å²) in [6.07, 6.45) is 6.30. The van der Waals surface area contributed by atoms with Crippen molar-refractivity contribution in [3.63, 3.8) is 0 Å². The first-order chi connectivity index (χ1) is 16.4. The maximum atomic E-state index is 13.4. The van der Waals surface area contributed by atoms with E-state index in [-0.39, 0.29) is 11.3 Å². The molecular weight excluding hydrogens is 426 g/mol. The third-order valence-corrected chi connectivity index (χ3v) is 7.17. The number of carbonyl (C=O) groups excluding carboxylic acids is 2. The van der Waals surface area contributed by atoms with E-state index in [1.807, 2.05) is 73.2 Å². The lowest BCUT2D eigenvalue weighted by atomic mass is 9.88. The summed E-state index contributed by atoms with van der Waals surface area (Å²) in [5.41, 5.74) is 5.19. The summed E-state index contributed by atoms with van der Waals surface area (Å²) < 4.78 is 2.01. The Balaban J connectivity index is 1.69. The van der Waals surface area contributed by atoms with Crippen LogP contribution in [0.2, 0.25) is 0 Å². The van der Waals surface area contributed by atoms with Crippen molar-refractivity contribution in [2.24, 2.45) is 7.05 Å². The second-order valence-electron chi connectivity index (χ2n) is 9.70. The van der Waals surface area contributed by atoms with Crippen LogP contribution in [-0.4, -0.2) is 58.3 Å². The maximum absolute atomic E-state index is 13.4. The first-order valence-electron chi connectivity index (χ1n) is 12.0. The number of hydrogen-bond donors (Lipinski definition) is 1. The van der Waals surface area contributed by atoms with Gasteiger partial charge < -0.3 is 19.5 Å². The Morgan fingerprint density at radius 2 is 1.79 bits per heavy atom. The standard InChI is InChI=1S/C28H31N3O3/c1-29(2)14-15-31-25(22-17-30(3)23-11-7-6-10-21(22)23)24(27(33)28(31)34)26(32)20-13-12-18-8-4-5-9-19(18)16-20/h6-7,10-13,16-17,25,32H,4-5,8-9,14-15H2,1-3H3/b26-24+. The fourth-order valence-corrected chi connectivity index (χ4v) is 5.37. The molecular formula is C28H31N3O3. The molecule has 0 radical (unpaired) electrons. The first-order valence-corrected chi connectivity index (χ1v) is 12.0. The molecule has 1 aliphatic carbocycles. The number of rotatable bonds is 5. The number of fused-ring (bicyclic) bond motifs is 2. The van der Waals surface area contributed by atoms with Crippen molar-refractivity contribution in [1.29, 1.82) is 0 Å². The Morgan fingerprint density at radius 3 is 2.56 bits per heavy atom. The second-order valence-corrected chi connectivity index (χ2v) is 9.70. The molecule has 6 heteroatoms. The minimum atomic E-state index is -0.637. The number of amides is 1. The van der Waals surface area contributed by atoms with Crippen LogP contribution in [0.4, 0.5) is 0 Å². The number of aryl methyl sites for hydroxylation is 3. The van der Waals surface area contributed by atoms with Gasteiger partial charge in [-0.3, -0.25) is 9.59 Å². The minimum Gasteiger partial charge on any atom is -0.507 e. The van der Waals surface area contributed by atoms with E-state index >= 15 is 0 Å². The molecule has 1 aromatic heterocycles. The van der Waals surface area contributed by atoms with Gasteiger partial charge in [-0.15, -0.1) is 0 Å². The van der Waals surface area contributed by atoms with Gasteiger partial charge in [0.2, 0.25) is 0 Å². The number of likely N-dealkylation sites (tertiary alicyclic amines) is 1. The van der Waals surface area contributed by atoms with Gasteiger partial charge in [-0.25, -0.2) is 0 Å². The number of para-hydroxylation sites is 1. The van der Waals surface area contributed by atoms with Crippen LogP contribution in [0.3, 0.4) is 0 Å². The number of nitrogens with zero attached hydrogens (tertiary/aromatic N) is 3. The van der Waals surface area contributed by atoms with Crippen molar-refractivity contribution in [3.05, 3.63) is 76.5 Å². The Kier molecular flexibility index (Phi) is 5.78. The molecule has 0 bridgehead atoms. The quantitative estimate of drug-likeness (QED) is 0.357. The Hall–Kier alpha value is -3.38. The molecule has 0 saturated carbocycles. The first kappa shape index (κ1) is 22.4. The van der Waals surface area contributed by atoms with E-state index < -0.39 is 17.7 Å². The number of likely N-dealkylation sites (N-methyl/N-ethyl adjacent to an activating group) is 1. The van der Waals surface area contributed by atoms with Gasteiger partial charge in [-0.2, -0.15) is 0 Å². The van der Waals surface area contributed by atoms with Crippen LogP contribution in [-0.2, 0) is 29.5 Å². The number of aliphatic hydroxyl groups is 1. The summed E-state index contributed by atoms with van der Waals surface area (Å²) in [4.78, 5) is 30.2. The van der Waals surface area contributed by atoms with Crippen molar-refractivity contribution in [3.8, 4) is 0 Å². The number of hydrogen-bond acceptors (Lipinski definition) is 4. The van der Waals surface area contributed by atoms with Gasteiger partial charge in [0.1, 0.15) is 5.76 Å². The van der Waals surface area contributed by atoms with Gasteiger partial charge in [0.15, 0.2) is 0 Å². The zero-order valence-electron chi connectivity index (χ0n) is 20.0. The molecule has 1 N–H and O–H groups in total. The van der Waals surface area contributed by atoms with Crippen molar-refractivity contribution in [1.82, 2.24) is 14.4 Å². The van der Waals surface area contributed by atoms with Gasteiger partial charge in [0.25, 0.3) is 11.7 Å². The average Bonchev–Trinajstić information content (AvgIpc) is 3.30. The zero-order valence-corrected chi connectivity index (χ0v) is 20.0. The number of Topliss-reactive ketones (excluding diaryl/α,β-unsaturated/α-hetero) is 1. The van der Waals surface area contributed by atoms with Crippen LogP contribution < -0.4 is 0 Å². The molecule has 0 spiro atoms. The molecule has 1 unspecified atom stereocenters. The van der Waals surface area contributed by atoms with E-state index in [1.165, 1.54) is 17.5 Å². The lowest BCUT2D eigenvalue weighted by Crippen LogP contribution is -2.35. The molecule has 2 aliphatic rings. The SMILES string of the molecule is CN(C)CCN1C(=O)C(=O)/C(=C(/O)c2ccc3c(c2)CCCC3)C1c1cn(C)c2ccccc12. The van der Waals surface area contributed by atoms with Crippen molar-refractivity contribution < 1.29 is 14.7 Å². The Labute approximate surface area is 200 Å². The van der Waals surface area contributed by atoms with E-state index in [0.717, 1.165) is 35.7 Å². The van der Waals surface area contributed by atoms with Gasteiger partial charge in [0.05, 0.1) is 11.6 Å². The fraction of sp³-hybridized carbons (Fsp3) is 0.357. The predicted molar refractivity (Wildman–Crippen MR) is 134 cm³/mol. The van der Waals surface area contributed by atoms with Crippen LogP contribution >= 0.6 is 0 Å². The molecule has 1 aliphatic heterocycles. The molecule has 5 rings (SSSR count). The lowest BCUT2D eigenvalue weighted by Gasteiger charge is -2.26. The molecule has 2 heterocycles. The summed E-state index contributed by atoms with van der Waals surface area (Å²) >= 11 is 0. The van der Waals surface area contributed by atoms with Crippen LogP contribution in [0, 0.1) is 0 Å². The van der Waals surface area contributed by atoms with E-state index in [2.05, 4.69) is 6.07 Å². The predicted octanol–water partition coefficient (Wildman–Crippen LogP) is 4.04. The van der Waals surface area contributed by atoms with Crippen LogP contribution in [0.1, 0.15) is 41.1 Å². The maximum Gasteiger partial charge on any atom is 0.295 e. The topological polar surface area (TPSA) is 65.8 Å².